The number of fused-ring (bicyclic) bond motifs is 1. The van der Waals surface area contributed by atoms with E-state index in [1.807, 2.05) is 71.6 Å². The van der Waals surface area contributed by atoms with Crippen LogP contribution in [0, 0.1) is 0 Å². The zero-order valence-electron chi connectivity index (χ0n) is 19.0. The Morgan fingerprint density at radius 1 is 1.29 bits per heavy atom. The summed E-state index contributed by atoms with van der Waals surface area (Å²) in [6.07, 6.45) is 3.47. The number of hydrogen-bond acceptors (Lipinski definition) is 7. The van der Waals surface area contributed by atoms with E-state index in [4.69, 9.17) is 14.5 Å². The maximum atomic E-state index is 11.8. The Bertz CT molecular complexity index is 1440. The van der Waals surface area contributed by atoms with Gasteiger partial charge in [-0.2, -0.15) is 0 Å². The Balaban J connectivity index is 1.57. The van der Waals surface area contributed by atoms with E-state index in [2.05, 4.69) is 22.3 Å². The van der Waals surface area contributed by atoms with Crippen molar-refractivity contribution < 1.29 is 14.3 Å². The quantitative estimate of drug-likeness (QED) is 0.393. The predicted molar refractivity (Wildman–Crippen MR) is 137 cm³/mol. The van der Waals surface area contributed by atoms with Gasteiger partial charge < -0.3 is 14.8 Å². The van der Waals surface area contributed by atoms with E-state index >= 15 is 0 Å². The van der Waals surface area contributed by atoms with Crippen LogP contribution in [0.2, 0.25) is 0 Å². The fourth-order valence-electron chi connectivity index (χ4n) is 3.58. The van der Waals surface area contributed by atoms with Crippen LogP contribution in [0.1, 0.15) is 12.5 Å². The van der Waals surface area contributed by atoms with Gasteiger partial charge in [0.25, 0.3) is 5.91 Å². The first-order chi connectivity index (χ1) is 17.1. The van der Waals surface area contributed by atoms with Crippen LogP contribution in [-0.2, 0) is 4.79 Å². The van der Waals surface area contributed by atoms with Crippen LogP contribution < -0.4 is 25.0 Å². The third-order valence-corrected chi connectivity index (χ3v) is 6.07. The highest BCUT2D eigenvalue weighted by Crippen LogP contribution is 2.33. The van der Waals surface area contributed by atoms with Gasteiger partial charge in [0.1, 0.15) is 11.5 Å². The standard InChI is InChI=1S/C26H23N5O3S/c1-3-33-21-9-7-20(8-10-21)28-26-31(30-17(2)19-5-4-12-27-14-19)23(16-35-26)18-6-11-24-22(13-18)29-25(32)15-34-24/h4-14,16,30H,2-3,15H2,1H3,(H,29,32). The number of nitrogens with zero attached hydrogens (tertiary/aromatic N) is 3. The second-order valence-electron chi connectivity index (χ2n) is 7.66. The molecule has 5 rings (SSSR count). The number of thiazole rings is 1. The van der Waals surface area contributed by atoms with Gasteiger partial charge in [-0.15, -0.1) is 11.3 Å². The number of ether oxygens (including phenoxy) is 2. The largest absolute Gasteiger partial charge is 0.494 e. The molecule has 0 bridgehead atoms. The highest BCUT2D eigenvalue weighted by atomic mass is 32.1. The summed E-state index contributed by atoms with van der Waals surface area (Å²) in [5.41, 5.74) is 8.05. The van der Waals surface area contributed by atoms with Crippen LogP contribution in [0.4, 0.5) is 11.4 Å². The summed E-state index contributed by atoms with van der Waals surface area (Å²) in [4.78, 5) is 21.6. The molecule has 0 unspecified atom stereocenters. The average Bonchev–Trinajstić information content (AvgIpc) is 3.27. The maximum absolute atomic E-state index is 11.8. The van der Waals surface area contributed by atoms with Crippen molar-refractivity contribution in [3.05, 3.63) is 89.3 Å². The first-order valence-corrected chi connectivity index (χ1v) is 11.9. The lowest BCUT2D eigenvalue weighted by Gasteiger charge is -2.19. The second-order valence-corrected chi connectivity index (χ2v) is 8.49. The van der Waals surface area contributed by atoms with Gasteiger partial charge in [-0.05, 0) is 61.5 Å². The van der Waals surface area contributed by atoms with Crippen LogP contribution in [0.3, 0.4) is 0 Å². The molecule has 2 aromatic carbocycles. The van der Waals surface area contributed by atoms with Crippen molar-refractivity contribution in [1.29, 1.82) is 0 Å². The number of hydrogen-bond donors (Lipinski definition) is 2. The van der Waals surface area contributed by atoms with E-state index < -0.39 is 0 Å². The number of rotatable bonds is 7. The molecule has 2 aromatic heterocycles. The number of nitrogens with one attached hydrogen (secondary N) is 2. The topological polar surface area (TPSA) is 89.8 Å². The molecule has 35 heavy (non-hydrogen) atoms. The van der Waals surface area contributed by atoms with Crippen LogP contribution in [0.15, 0.2) is 83.9 Å². The molecule has 0 atom stereocenters. The Labute approximate surface area is 206 Å². The summed E-state index contributed by atoms with van der Waals surface area (Å²) in [7, 11) is 0. The SMILES string of the molecule is C=C(Nn1c(-c2ccc3c(c2)NC(=O)CO3)csc1=Nc1ccc(OCC)cc1)c1cccnc1. The van der Waals surface area contributed by atoms with Crippen LogP contribution >= 0.6 is 11.3 Å². The molecule has 0 spiro atoms. The van der Waals surface area contributed by atoms with E-state index in [-0.39, 0.29) is 12.5 Å². The average molecular weight is 486 g/mol. The van der Waals surface area contributed by atoms with Gasteiger partial charge in [0.05, 0.1) is 29.4 Å². The molecule has 1 amide bonds. The third kappa shape index (κ3) is 4.95. The molecular weight excluding hydrogens is 462 g/mol. The van der Waals surface area contributed by atoms with Crippen molar-refractivity contribution in [2.24, 2.45) is 4.99 Å². The molecule has 176 valence electrons. The van der Waals surface area contributed by atoms with Crippen molar-refractivity contribution in [1.82, 2.24) is 9.66 Å². The molecule has 4 aromatic rings. The predicted octanol–water partition coefficient (Wildman–Crippen LogP) is 4.79. The number of carbonyl (C=O) groups is 1. The molecule has 0 saturated heterocycles. The fraction of sp³-hybridized carbons (Fsp3) is 0.115. The van der Waals surface area contributed by atoms with Crippen LogP contribution in [0.5, 0.6) is 11.5 Å². The van der Waals surface area contributed by atoms with Crippen molar-refractivity contribution in [3.63, 3.8) is 0 Å². The van der Waals surface area contributed by atoms with E-state index in [1.165, 1.54) is 11.3 Å². The zero-order chi connectivity index (χ0) is 24.2. The molecule has 9 heteroatoms. The van der Waals surface area contributed by atoms with E-state index in [1.54, 1.807) is 12.4 Å². The molecule has 0 fully saturated rings. The number of aromatic nitrogens is 2. The Morgan fingerprint density at radius 2 is 2.14 bits per heavy atom. The summed E-state index contributed by atoms with van der Waals surface area (Å²) in [5.74, 6) is 1.26. The maximum Gasteiger partial charge on any atom is 0.262 e. The first kappa shape index (κ1) is 22.4. The summed E-state index contributed by atoms with van der Waals surface area (Å²) in [5, 5.41) is 4.87. The molecule has 0 saturated carbocycles. The lowest BCUT2D eigenvalue weighted by molar-refractivity contribution is -0.118. The van der Waals surface area contributed by atoms with Gasteiger partial charge in [0.2, 0.25) is 4.80 Å². The molecule has 1 aliphatic heterocycles. The Hall–Kier alpha value is -4.37. The van der Waals surface area contributed by atoms with Crippen molar-refractivity contribution in [3.8, 4) is 22.8 Å². The second kappa shape index (κ2) is 9.86. The van der Waals surface area contributed by atoms with Crippen LogP contribution in [-0.4, -0.2) is 28.8 Å². The number of pyridine rings is 1. The van der Waals surface area contributed by atoms with Crippen molar-refractivity contribution in [2.75, 3.05) is 24.0 Å². The summed E-state index contributed by atoms with van der Waals surface area (Å²) < 4.78 is 12.9. The minimum atomic E-state index is -0.179. The molecular formula is C26H23N5O3S. The van der Waals surface area contributed by atoms with Gasteiger partial charge in [-0.1, -0.05) is 6.58 Å². The number of anilines is 1. The molecule has 0 radical (unpaired) electrons. The molecule has 1 aliphatic rings. The lowest BCUT2D eigenvalue weighted by Crippen LogP contribution is -2.26. The minimum absolute atomic E-state index is 0.0163. The fourth-order valence-corrected chi connectivity index (χ4v) is 4.44. The molecule has 2 N–H and O–H groups in total. The van der Waals surface area contributed by atoms with E-state index in [9.17, 15) is 4.79 Å². The minimum Gasteiger partial charge on any atom is -0.494 e. The highest BCUT2D eigenvalue weighted by Gasteiger charge is 2.18. The highest BCUT2D eigenvalue weighted by molar-refractivity contribution is 7.07. The number of amides is 1. The summed E-state index contributed by atoms with van der Waals surface area (Å²) in [6.45, 7) is 6.77. The monoisotopic (exact) mass is 485 g/mol. The Kier molecular flexibility index (Phi) is 6.32. The molecule has 8 nitrogen and oxygen atoms in total. The summed E-state index contributed by atoms with van der Waals surface area (Å²) in [6, 6.07) is 17.1. The van der Waals surface area contributed by atoms with Crippen molar-refractivity contribution in [2.45, 2.75) is 6.92 Å². The first-order valence-electron chi connectivity index (χ1n) is 11.0. The van der Waals surface area contributed by atoms with Crippen molar-refractivity contribution >= 4 is 34.3 Å². The lowest BCUT2D eigenvalue weighted by atomic mass is 10.1. The van der Waals surface area contributed by atoms with Gasteiger partial charge in [0, 0.05) is 28.9 Å². The number of benzene rings is 2. The Morgan fingerprint density at radius 3 is 2.91 bits per heavy atom. The summed E-state index contributed by atoms with van der Waals surface area (Å²) >= 11 is 1.48. The van der Waals surface area contributed by atoms with Crippen LogP contribution in [0.25, 0.3) is 17.0 Å². The third-order valence-electron chi connectivity index (χ3n) is 5.25. The van der Waals surface area contributed by atoms with Gasteiger partial charge in [0.15, 0.2) is 6.61 Å². The number of carbonyl (C=O) groups excluding carboxylic acids is 1. The van der Waals surface area contributed by atoms with Gasteiger partial charge in [-0.25, -0.2) is 9.67 Å². The normalized spacial score (nSPS) is 12.9. The molecule has 3 heterocycles. The smallest absolute Gasteiger partial charge is 0.262 e. The van der Waals surface area contributed by atoms with Gasteiger partial charge in [-0.3, -0.25) is 15.2 Å². The zero-order valence-corrected chi connectivity index (χ0v) is 19.8. The van der Waals surface area contributed by atoms with E-state index in [0.29, 0.717) is 28.5 Å². The molecule has 0 aliphatic carbocycles. The van der Waals surface area contributed by atoms with Gasteiger partial charge >= 0.3 is 0 Å². The van der Waals surface area contributed by atoms with E-state index in [0.717, 1.165) is 28.3 Å².